The standard InChI is InChI=1S/C18H38N2/c1-3-15-20(16-4-2)18-14-12-10-8-6-5-7-9-11-13-17(18)19/h17-18H,3-16,19H2,1-2H3. The first-order valence-corrected chi connectivity index (χ1v) is 9.29. The summed E-state index contributed by atoms with van der Waals surface area (Å²) in [5, 5.41) is 0. The Bertz CT molecular complexity index is 211. The average Bonchev–Trinajstić information content (AvgIpc) is 2.43. The molecule has 0 aromatic heterocycles. The van der Waals surface area contributed by atoms with Crippen LogP contribution in [0.5, 0.6) is 0 Å². The van der Waals surface area contributed by atoms with Crippen LogP contribution in [0.15, 0.2) is 0 Å². The molecule has 0 aromatic rings. The molecule has 2 heteroatoms. The van der Waals surface area contributed by atoms with Gasteiger partial charge < -0.3 is 5.73 Å². The molecule has 1 rings (SSSR count). The van der Waals surface area contributed by atoms with Gasteiger partial charge in [0.1, 0.15) is 0 Å². The third kappa shape index (κ3) is 7.08. The van der Waals surface area contributed by atoms with Crippen molar-refractivity contribution in [3.05, 3.63) is 0 Å². The lowest BCUT2D eigenvalue weighted by Gasteiger charge is -2.36. The Morgan fingerprint density at radius 2 is 1.20 bits per heavy atom. The van der Waals surface area contributed by atoms with Crippen molar-refractivity contribution >= 4 is 0 Å². The molecule has 2 unspecified atom stereocenters. The zero-order valence-corrected chi connectivity index (χ0v) is 14.1. The van der Waals surface area contributed by atoms with Gasteiger partial charge in [0.05, 0.1) is 0 Å². The van der Waals surface area contributed by atoms with Crippen LogP contribution < -0.4 is 5.73 Å². The summed E-state index contributed by atoms with van der Waals surface area (Å²) >= 11 is 0. The second-order valence-electron chi connectivity index (χ2n) is 6.67. The average molecular weight is 283 g/mol. The van der Waals surface area contributed by atoms with Gasteiger partial charge in [0.15, 0.2) is 0 Å². The molecular formula is C18H38N2. The highest BCUT2D eigenvalue weighted by atomic mass is 15.2. The van der Waals surface area contributed by atoms with Crippen LogP contribution in [0.25, 0.3) is 0 Å². The maximum atomic E-state index is 6.58. The van der Waals surface area contributed by atoms with E-state index in [-0.39, 0.29) is 0 Å². The minimum atomic E-state index is 0.396. The van der Waals surface area contributed by atoms with Crippen molar-refractivity contribution in [1.82, 2.24) is 4.90 Å². The van der Waals surface area contributed by atoms with Gasteiger partial charge in [-0.15, -0.1) is 0 Å². The van der Waals surface area contributed by atoms with Gasteiger partial charge in [-0.2, -0.15) is 0 Å². The van der Waals surface area contributed by atoms with Gasteiger partial charge in [0.2, 0.25) is 0 Å². The van der Waals surface area contributed by atoms with Crippen molar-refractivity contribution in [1.29, 1.82) is 0 Å². The van der Waals surface area contributed by atoms with E-state index >= 15 is 0 Å². The Hall–Kier alpha value is -0.0800. The lowest BCUT2D eigenvalue weighted by Crippen LogP contribution is -2.48. The van der Waals surface area contributed by atoms with Gasteiger partial charge >= 0.3 is 0 Å². The molecule has 0 aromatic carbocycles. The highest BCUT2D eigenvalue weighted by molar-refractivity contribution is 4.82. The van der Waals surface area contributed by atoms with E-state index in [0.717, 1.165) is 0 Å². The molecule has 0 bridgehead atoms. The first kappa shape index (κ1) is 18.0. The molecule has 0 radical (unpaired) electrons. The van der Waals surface area contributed by atoms with Crippen LogP contribution in [0.2, 0.25) is 0 Å². The lowest BCUT2D eigenvalue weighted by molar-refractivity contribution is 0.152. The fourth-order valence-corrected chi connectivity index (χ4v) is 3.67. The first-order chi connectivity index (χ1) is 9.79. The minimum Gasteiger partial charge on any atom is -0.326 e. The van der Waals surface area contributed by atoms with Crippen LogP contribution in [-0.2, 0) is 0 Å². The van der Waals surface area contributed by atoms with Gasteiger partial charge in [0.25, 0.3) is 0 Å². The van der Waals surface area contributed by atoms with Crippen molar-refractivity contribution in [3.8, 4) is 0 Å². The molecule has 1 aliphatic rings. The Labute approximate surface area is 127 Å². The molecule has 1 fully saturated rings. The second-order valence-corrected chi connectivity index (χ2v) is 6.67. The number of nitrogens with two attached hydrogens (primary N) is 1. The van der Waals surface area contributed by atoms with Crippen molar-refractivity contribution in [2.75, 3.05) is 13.1 Å². The highest BCUT2D eigenvalue weighted by Crippen LogP contribution is 2.20. The van der Waals surface area contributed by atoms with Crippen molar-refractivity contribution in [2.24, 2.45) is 5.73 Å². The molecule has 0 saturated heterocycles. The molecule has 2 N–H and O–H groups in total. The van der Waals surface area contributed by atoms with E-state index in [9.17, 15) is 0 Å². The number of nitrogens with zero attached hydrogens (tertiary/aromatic N) is 1. The van der Waals surface area contributed by atoms with Gasteiger partial charge in [0, 0.05) is 12.1 Å². The minimum absolute atomic E-state index is 0.396. The van der Waals surface area contributed by atoms with Crippen LogP contribution in [0.1, 0.15) is 90.9 Å². The largest absolute Gasteiger partial charge is 0.326 e. The topological polar surface area (TPSA) is 29.3 Å². The maximum Gasteiger partial charge on any atom is 0.0247 e. The van der Waals surface area contributed by atoms with E-state index in [1.165, 1.54) is 90.1 Å². The third-order valence-electron chi connectivity index (χ3n) is 4.77. The first-order valence-electron chi connectivity index (χ1n) is 9.29. The van der Waals surface area contributed by atoms with Crippen LogP contribution in [0.4, 0.5) is 0 Å². The quantitative estimate of drug-likeness (QED) is 0.790. The fraction of sp³-hybridized carbons (Fsp3) is 1.00. The lowest BCUT2D eigenvalue weighted by atomic mass is 9.93. The van der Waals surface area contributed by atoms with E-state index in [4.69, 9.17) is 5.73 Å². The fourth-order valence-electron chi connectivity index (χ4n) is 3.67. The molecule has 0 amide bonds. The Balaban J connectivity index is 2.57. The molecular weight excluding hydrogens is 244 g/mol. The molecule has 20 heavy (non-hydrogen) atoms. The SMILES string of the molecule is CCCN(CCC)C1CCCCCCCCCCC1N. The molecule has 2 atom stereocenters. The van der Waals surface area contributed by atoms with E-state index < -0.39 is 0 Å². The molecule has 0 spiro atoms. The maximum absolute atomic E-state index is 6.58. The summed E-state index contributed by atoms with van der Waals surface area (Å²) in [5.74, 6) is 0. The molecule has 0 heterocycles. The molecule has 0 aliphatic heterocycles. The summed E-state index contributed by atoms with van der Waals surface area (Å²) in [4.78, 5) is 2.69. The Morgan fingerprint density at radius 3 is 1.70 bits per heavy atom. The summed E-state index contributed by atoms with van der Waals surface area (Å²) in [6, 6.07) is 1.03. The van der Waals surface area contributed by atoms with Gasteiger partial charge in [-0.1, -0.05) is 65.2 Å². The number of hydrogen-bond donors (Lipinski definition) is 1. The zero-order chi connectivity index (χ0) is 14.6. The summed E-state index contributed by atoms with van der Waals surface area (Å²) in [6.45, 7) is 7.05. The second kappa shape index (κ2) is 11.6. The number of hydrogen-bond acceptors (Lipinski definition) is 2. The van der Waals surface area contributed by atoms with Crippen LogP contribution in [0, 0.1) is 0 Å². The normalized spacial score (nSPS) is 27.0. The van der Waals surface area contributed by atoms with Crippen LogP contribution in [0.3, 0.4) is 0 Å². The van der Waals surface area contributed by atoms with Crippen molar-refractivity contribution in [2.45, 2.75) is 103 Å². The predicted molar refractivity (Wildman–Crippen MR) is 90.1 cm³/mol. The van der Waals surface area contributed by atoms with Crippen molar-refractivity contribution < 1.29 is 0 Å². The van der Waals surface area contributed by atoms with E-state index in [1.54, 1.807) is 0 Å². The van der Waals surface area contributed by atoms with Crippen molar-refractivity contribution in [3.63, 3.8) is 0 Å². The predicted octanol–water partition coefficient (Wildman–Crippen LogP) is 4.72. The summed E-state index contributed by atoms with van der Waals surface area (Å²) < 4.78 is 0. The summed E-state index contributed by atoms with van der Waals surface area (Å²) in [6.07, 6.45) is 16.3. The van der Waals surface area contributed by atoms with E-state index in [0.29, 0.717) is 12.1 Å². The van der Waals surface area contributed by atoms with Gasteiger partial charge in [-0.3, -0.25) is 4.90 Å². The molecule has 2 nitrogen and oxygen atoms in total. The van der Waals surface area contributed by atoms with Gasteiger partial charge in [-0.25, -0.2) is 0 Å². The molecule has 120 valence electrons. The smallest absolute Gasteiger partial charge is 0.0247 e. The third-order valence-corrected chi connectivity index (χ3v) is 4.77. The molecule has 1 aliphatic carbocycles. The van der Waals surface area contributed by atoms with Gasteiger partial charge in [-0.05, 0) is 38.8 Å². The Morgan fingerprint density at radius 1 is 0.750 bits per heavy atom. The zero-order valence-electron chi connectivity index (χ0n) is 14.1. The van der Waals surface area contributed by atoms with Crippen LogP contribution in [-0.4, -0.2) is 30.1 Å². The van der Waals surface area contributed by atoms with E-state index in [2.05, 4.69) is 18.7 Å². The Kier molecular flexibility index (Phi) is 10.4. The molecule has 1 saturated carbocycles. The van der Waals surface area contributed by atoms with Crippen LogP contribution >= 0.6 is 0 Å². The highest BCUT2D eigenvalue weighted by Gasteiger charge is 2.23. The number of rotatable bonds is 5. The summed E-state index contributed by atoms with van der Waals surface area (Å²) in [5.41, 5.74) is 6.58. The monoisotopic (exact) mass is 282 g/mol. The summed E-state index contributed by atoms with van der Waals surface area (Å²) in [7, 11) is 0. The van der Waals surface area contributed by atoms with E-state index in [1.807, 2.05) is 0 Å².